The highest BCUT2D eigenvalue weighted by molar-refractivity contribution is 5.83. The maximum absolute atomic E-state index is 12.6. The second-order valence-electron chi connectivity index (χ2n) is 5.97. The molecule has 112 valence electrons. The van der Waals surface area contributed by atoms with E-state index in [1.807, 2.05) is 6.08 Å². The first-order valence-electron chi connectivity index (χ1n) is 7.34. The number of hydrogen-bond donors (Lipinski definition) is 0. The number of ketones is 1. The summed E-state index contributed by atoms with van der Waals surface area (Å²) in [6.07, 6.45) is 1.97. The quantitative estimate of drug-likeness (QED) is 0.722. The average molecular weight is 294 g/mol. The van der Waals surface area contributed by atoms with E-state index in [1.54, 1.807) is 12.1 Å². The van der Waals surface area contributed by atoms with Crippen molar-refractivity contribution in [3.8, 4) is 0 Å². The molecule has 0 amide bonds. The van der Waals surface area contributed by atoms with Crippen molar-refractivity contribution in [3.63, 3.8) is 0 Å². The Morgan fingerprint density at radius 1 is 1.10 bits per heavy atom. The topological polar surface area (TPSA) is 17.1 Å². The van der Waals surface area contributed by atoms with E-state index < -0.39 is 11.7 Å². The number of Topliss-reactive ketones (excluding diaryl/α,β-unsaturated/α-hetero) is 1. The molecule has 0 radical (unpaired) electrons. The molecule has 1 fully saturated rings. The highest BCUT2D eigenvalue weighted by atomic mass is 19.4. The van der Waals surface area contributed by atoms with E-state index in [1.165, 1.54) is 0 Å². The fraction of sp³-hybridized carbons (Fsp3) is 0.471. The monoisotopic (exact) mass is 294 g/mol. The van der Waals surface area contributed by atoms with E-state index in [4.69, 9.17) is 0 Å². The molecule has 2 aliphatic rings. The molecule has 2 atom stereocenters. The largest absolute Gasteiger partial charge is 0.416 e. The highest BCUT2D eigenvalue weighted by Crippen LogP contribution is 2.41. The third-order valence-corrected chi connectivity index (χ3v) is 4.66. The Labute approximate surface area is 121 Å². The van der Waals surface area contributed by atoms with Gasteiger partial charge in [-0.1, -0.05) is 18.2 Å². The van der Waals surface area contributed by atoms with E-state index in [0.717, 1.165) is 49.0 Å². The first-order chi connectivity index (χ1) is 9.95. The summed E-state index contributed by atoms with van der Waals surface area (Å²) in [5.41, 5.74) is 1.31. The maximum Gasteiger partial charge on any atom is 0.416 e. The Bertz CT molecular complexity index is 569. The van der Waals surface area contributed by atoms with Gasteiger partial charge in [0.05, 0.1) is 5.56 Å². The molecular weight excluding hydrogens is 277 g/mol. The van der Waals surface area contributed by atoms with Gasteiger partial charge in [-0.25, -0.2) is 0 Å². The van der Waals surface area contributed by atoms with E-state index >= 15 is 0 Å². The second-order valence-corrected chi connectivity index (χ2v) is 5.97. The number of hydrogen-bond acceptors (Lipinski definition) is 1. The molecule has 0 aliphatic heterocycles. The molecule has 21 heavy (non-hydrogen) atoms. The lowest BCUT2D eigenvalue weighted by molar-refractivity contribution is -0.137. The summed E-state index contributed by atoms with van der Waals surface area (Å²) < 4.78 is 37.7. The van der Waals surface area contributed by atoms with Gasteiger partial charge in [-0.3, -0.25) is 4.79 Å². The average Bonchev–Trinajstić information content (AvgIpc) is 2.46. The van der Waals surface area contributed by atoms with E-state index in [9.17, 15) is 18.0 Å². The van der Waals surface area contributed by atoms with Crippen molar-refractivity contribution in [3.05, 3.63) is 41.5 Å². The van der Waals surface area contributed by atoms with Crippen molar-refractivity contribution in [1.82, 2.24) is 0 Å². The molecule has 3 rings (SSSR count). The van der Waals surface area contributed by atoms with Crippen molar-refractivity contribution < 1.29 is 18.0 Å². The summed E-state index contributed by atoms with van der Waals surface area (Å²) in [4.78, 5) is 11.9. The SMILES string of the molecule is O=C1CCC[C@@H]2CC(c3ccc(C(F)(F)F)cc3)=CC[C@@H]12. The predicted molar refractivity (Wildman–Crippen MR) is 74.5 cm³/mol. The number of alkyl halides is 3. The van der Waals surface area contributed by atoms with Crippen LogP contribution in [0, 0.1) is 11.8 Å². The maximum atomic E-state index is 12.6. The zero-order valence-electron chi connectivity index (χ0n) is 11.6. The van der Waals surface area contributed by atoms with Crippen LogP contribution in [0.15, 0.2) is 30.3 Å². The van der Waals surface area contributed by atoms with Crippen molar-refractivity contribution in [2.75, 3.05) is 0 Å². The van der Waals surface area contributed by atoms with Gasteiger partial charge in [0.2, 0.25) is 0 Å². The van der Waals surface area contributed by atoms with Gasteiger partial charge in [-0.15, -0.1) is 0 Å². The van der Waals surface area contributed by atoms with Crippen LogP contribution in [0.25, 0.3) is 5.57 Å². The third-order valence-electron chi connectivity index (χ3n) is 4.66. The van der Waals surface area contributed by atoms with Gasteiger partial charge in [0.25, 0.3) is 0 Å². The molecule has 0 aromatic heterocycles. The molecule has 0 unspecified atom stereocenters. The lowest BCUT2D eigenvalue weighted by Crippen LogP contribution is -2.30. The van der Waals surface area contributed by atoms with Crippen molar-refractivity contribution in [1.29, 1.82) is 0 Å². The van der Waals surface area contributed by atoms with Crippen LogP contribution in [0.5, 0.6) is 0 Å². The zero-order chi connectivity index (χ0) is 15.0. The molecule has 4 heteroatoms. The van der Waals surface area contributed by atoms with Crippen molar-refractivity contribution in [2.45, 2.75) is 38.3 Å². The van der Waals surface area contributed by atoms with E-state index in [0.29, 0.717) is 18.1 Å². The number of benzene rings is 1. The van der Waals surface area contributed by atoms with Crippen LogP contribution in [-0.2, 0) is 11.0 Å². The predicted octanol–water partition coefficient (Wildman–Crippen LogP) is 4.87. The smallest absolute Gasteiger partial charge is 0.299 e. The van der Waals surface area contributed by atoms with Crippen LogP contribution in [0.1, 0.15) is 43.2 Å². The minimum Gasteiger partial charge on any atom is -0.299 e. The standard InChI is InChI=1S/C17H17F3O/c18-17(19,20)14-7-4-11(5-8-14)12-6-9-15-13(10-12)2-1-3-16(15)21/h4-8,13,15H,1-3,9-10H2/t13-,15-/m1/s1. The molecular formula is C17H17F3O. The number of carbonyl (C=O) groups is 1. The van der Waals surface area contributed by atoms with E-state index in [2.05, 4.69) is 0 Å². The van der Waals surface area contributed by atoms with Gasteiger partial charge in [-0.2, -0.15) is 13.2 Å². The summed E-state index contributed by atoms with van der Waals surface area (Å²) in [5.74, 6) is 0.861. The fourth-order valence-electron chi connectivity index (χ4n) is 3.50. The Hall–Kier alpha value is -1.58. The van der Waals surface area contributed by atoms with Crippen LogP contribution in [0.2, 0.25) is 0 Å². The molecule has 1 nitrogen and oxygen atoms in total. The van der Waals surface area contributed by atoms with E-state index in [-0.39, 0.29) is 5.92 Å². The first kappa shape index (κ1) is 14.4. The number of fused-ring (bicyclic) bond motifs is 1. The molecule has 1 saturated carbocycles. The van der Waals surface area contributed by atoms with Gasteiger partial charge < -0.3 is 0 Å². The minimum atomic E-state index is -4.29. The molecule has 0 spiro atoms. The van der Waals surface area contributed by atoms with Gasteiger partial charge in [0.1, 0.15) is 5.78 Å². The van der Waals surface area contributed by atoms with Gasteiger partial charge >= 0.3 is 6.18 Å². The van der Waals surface area contributed by atoms with Crippen LogP contribution in [-0.4, -0.2) is 5.78 Å². The Kier molecular flexibility index (Phi) is 3.64. The van der Waals surface area contributed by atoms with Crippen LogP contribution >= 0.6 is 0 Å². The van der Waals surface area contributed by atoms with Crippen LogP contribution in [0.4, 0.5) is 13.2 Å². The molecule has 1 aromatic carbocycles. The zero-order valence-corrected chi connectivity index (χ0v) is 11.6. The number of carbonyl (C=O) groups excluding carboxylic acids is 1. The Balaban J connectivity index is 1.80. The summed E-state index contributed by atoms with van der Waals surface area (Å²) in [7, 11) is 0. The summed E-state index contributed by atoms with van der Waals surface area (Å²) in [6, 6.07) is 5.35. The third kappa shape index (κ3) is 2.89. The first-order valence-corrected chi connectivity index (χ1v) is 7.34. The lowest BCUT2D eigenvalue weighted by atomic mass is 9.70. The molecule has 0 heterocycles. The second kappa shape index (κ2) is 5.32. The van der Waals surface area contributed by atoms with Crippen molar-refractivity contribution in [2.24, 2.45) is 11.8 Å². The fourth-order valence-corrected chi connectivity index (χ4v) is 3.50. The summed E-state index contributed by atoms with van der Waals surface area (Å²) in [6.45, 7) is 0. The minimum absolute atomic E-state index is 0.136. The van der Waals surface area contributed by atoms with Crippen LogP contribution in [0.3, 0.4) is 0 Å². The highest BCUT2D eigenvalue weighted by Gasteiger charge is 2.34. The normalized spacial score (nSPS) is 26.2. The van der Waals surface area contributed by atoms with Gasteiger partial charge in [-0.05, 0) is 54.9 Å². The summed E-state index contributed by atoms with van der Waals surface area (Å²) >= 11 is 0. The molecule has 2 aliphatic carbocycles. The number of allylic oxidation sites excluding steroid dienone is 2. The number of halogens is 3. The van der Waals surface area contributed by atoms with Gasteiger partial charge in [0, 0.05) is 12.3 Å². The Morgan fingerprint density at radius 3 is 2.48 bits per heavy atom. The molecule has 1 aromatic rings. The lowest BCUT2D eigenvalue weighted by Gasteiger charge is -2.34. The molecule has 0 bridgehead atoms. The Morgan fingerprint density at radius 2 is 1.81 bits per heavy atom. The number of rotatable bonds is 1. The molecule has 0 saturated heterocycles. The molecule has 0 N–H and O–H groups in total. The van der Waals surface area contributed by atoms with Gasteiger partial charge in [0.15, 0.2) is 0 Å². The van der Waals surface area contributed by atoms with Crippen molar-refractivity contribution >= 4 is 11.4 Å². The summed E-state index contributed by atoms with van der Waals surface area (Å²) in [5, 5.41) is 0. The van der Waals surface area contributed by atoms with Crippen LogP contribution < -0.4 is 0 Å².